The van der Waals surface area contributed by atoms with Gasteiger partial charge in [-0.25, -0.2) is 18.2 Å². The van der Waals surface area contributed by atoms with Gasteiger partial charge in [-0.1, -0.05) is 5.16 Å². The normalized spacial score (nSPS) is 25.7. The van der Waals surface area contributed by atoms with Crippen LogP contribution in [0.15, 0.2) is 11.4 Å². The Hall–Kier alpha value is -2.89. The highest BCUT2D eigenvalue weighted by atomic mass is 32.2. The van der Waals surface area contributed by atoms with E-state index >= 15 is 0 Å². The van der Waals surface area contributed by atoms with Gasteiger partial charge in [0.05, 0.1) is 24.2 Å². The molecule has 2 unspecified atom stereocenters. The molecule has 208 valence electrons. The van der Waals surface area contributed by atoms with Crippen molar-refractivity contribution in [2.45, 2.75) is 56.2 Å². The molecular weight excluding hydrogens is 540 g/mol. The number of likely N-dealkylation sites (tertiary alicyclic amines) is 1. The Morgan fingerprint density at radius 3 is 2.49 bits per heavy atom. The smallest absolute Gasteiger partial charge is 0.475 e. The second kappa shape index (κ2) is 10.5. The summed E-state index contributed by atoms with van der Waals surface area (Å²) < 4.78 is 93.0. The van der Waals surface area contributed by atoms with Gasteiger partial charge < -0.3 is 20.2 Å². The van der Waals surface area contributed by atoms with Crippen molar-refractivity contribution < 1.29 is 54.3 Å². The highest BCUT2D eigenvalue weighted by molar-refractivity contribution is 7.91. The van der Waals surface area contributed by atoms with Crippen LogP contribution in [0.4, 0.5) is 26.3 Å². The van der Waals surface area contributed by atoms with Crippen molar-refractivity contribution in [3.63, 3.8) is 0 Å². The summed E-state index contributed by atoms with van der Waals surface area (Å²) in [5, 5.41) is 13.8. The number of carbonyl (C=O) groups excluding carboxylic acids is 1. The molecule has 11 nitrogen and oxygen atoms in total. The largest absolute Gasteiger partial charge is 0.490 e. The number of aliphatic carboxylic acids is 1. The first-order valence-electron chi connectivity index (χ1n) is 10.9. The maximum Gasteiger partial charge on any atom is 0.490 e. The number of carboxylic acids is 1. The Bertz CT molecular complexity index is 1150. The number of nitrogens with one attached hydrogen (secondary N) is 2. The highest BCUT2D eigenvalue weighted by Crippen LogP contribution is 2.34. The molecule has 0 bridgehead atoms. The van der Waals surface area contributed by atoms with E-state index in [-0.39, 0.29) is 36.0 Å². The Balaban J connectivity index is 0.000000479. The van der Waals surface area contributed by atoms with Crippen LogP contribution >= 0.6 is 0 Å². The number of halogens is 6. The number of rotatable bonds is 4. The van der Waals surface area contributed by atoms with E-state index in [4.69, 9.17) is 14.7 Å². The van der Waals surface area contributed by atoms with Crippen LogP contribution in [-0.2, 0) is 37.0 Å². The maximum atomic E-state index is 12.7. The molecule has 37 heavy (non-hydrogen) atoms. The number of nitrogens with zero attached hydrogens (tertiary/aromatic N) is 3. The molecule has 0 saturated carbocycles. The SMILES string of the molecule is O=C(NC1CCS(=O)(=O)C1)C1=NOC2(CCCN(Cc3ncc(C(F)(F)F)[nH]3)C2)C1.O=C(O)C(F)(F)F. The number of carboxylic acid groups (broad SMARTS) is 1. The van der Waals surface area contributed by atoms with Gasteiger partial charge in [-0.2, -0.15) is 26.3 Å². The molecule has 1 aromatic heterocycles. The standard InChI is InChI=1S/C17H22F3N5O4S.C2HF3O2/c18-17(19,20)13-7-21-14(23-13)8-25-4-1-3-16(10-25)6-12(24-29-16)15(26)22-11-2-5-30(27,28)9-11;3-2(4,5)1(6)7/h7,11H,1-6,8-10H2,(H,21,23)(H,22,26);(H,6,7). The Morgan fingerprint density at radius 1 is 1.27 bits per heavy atom. The Labute approximate surface area is 206 Å². The number of carbonyl (C=O) groups is 2. The Kier molecular flexibility index (Phi) is 8.11. The molecule has 0 aromatic carbocycles. The minimum atomic E-state index is -5.08. The predicted molar refractivity (Wildman–Crippen MR) is 113 cm³/mol. The number of sulfone groups is 1. The zero-order valence-corrected chi connectivity index (χ0v) is 19.8. The monoisotopic (exact) mass is 563 g/mol. The number of aromatic amines is 1. The molecule has 2 atom stereocenters. The van der Waals surface area contributed by atoms with Gasteiger partial charge in [-0.05, 0) is 25.8 Å². The summed E-state index contributed by atoms with van der Waals surface area (Å²) in [6.07, 6.45) is -6.75. The molecular formula is C19H23F6N5O6S. The Morgan fingerprint density at radius 2 is 1.95 bits per heavy atom. The minimum Gasteiger partial charge on any atom is -0.475 e. The average Bonchev–Trinajstić information content (AvgIpc) is 3.47. The second-order valence-electron chi connectivity index (χ2n) is 8.92. The van der Waals surface area contributed by atoms with Crippen molar-refractivity contribution in [1.82, 2.24) is 20.2 Å². The average molecular weight is 563 g/mol. The molecule has 4 heterocycles. The van der Waals surface area contributed by atoms with Crippen LogP contribution in [-0.4, -0.2) is 88.4 Å². The molecule has 1 amide bonds. The van der Waals surface area contributed by atoms with E-state index in [1.54, 1.807) is 0 Å². The van der Waals surface area contributed by atoms with Gasteiger partial charge in [0.25, 0.3) is 5.91 Å². The first-order valence-corrected chi connectivity index (χ1v) is 12.7. The van der Waals surface area contributed by atoms with Gasteiger partial charge in [0.15, 0.2) is 15.4 Å². The van der Waals surface area contributed by atoms with Gasteiger partial charge in [-0.15, -0.1) is 0 Å². The van der Waals surface area contributed by atoms with Crippen LogP contribution in [0.1, 0.15) is 37.2 Å². The first kappa shape index (κ1) is 28.7. The van der Waals surface area contributed by atoms with E-state index < -0.39 is 51.4 Å². The summed E-state index contributed by atoms with van der Waals surface area (Å²) in [6, 6.07) is -0.425. The molecule has 3 aliphatic rings. The summed E-state index contributed by atoms with van der Waals surface area (Å²) in [6.45, 7) is 1.25. The fourth-order valence-electron chi connectivity index (χ4n) is 4.16. The maximum absolute atomic E-state index is 12.7. The highest BCUT2D eigenvalue weighted by Gasteiger charge is 2.45. The van der Waals surface area contributed by atoms with Gasteiger partial charge in [-0.3, -0.25) is 9.69 Å². The molecule has 3 N–H and O–H groups in total. The van der Waals surface area contributed by atoms with Gasteiger partial charge in [0.1, 0.15) is 17.2 Å². The third-order valence-corrected chi connectivity index (χ3v) is 7.61. The van der Waals surface area contributed by atoms with Crippen molar-refractivity contribution in [3.05, 3.63) is 17.7 Å². The number of hydrogen-bond acceptors (Lipinski definition) is 8. The lowest BCUT2D eigenvalue weighted by Gasteiger charge is -2.37. The number of H-pyrrole nitrogens is 1. The fourth-order valence-corrected chi connectivity index (χ4v) is 5.84. The van der Waals surface area contributed by atoms with Crippen molar-refractivity contribution in [3.8, 4) is 0 Å². The summed E-state index contributed by atoms with van der Waals surface area (Å²) in [5.74, 6) is -3.00. The zero-order chi connectivity index (χ0) is 27.6. The third kappa shape index (κ3) is 7.80. The van der Waals surface area contributed by atoms with E-state index in [1.807, 2.05) is 4.90 Å². The lowest BCUT2D eigenvalue weighted by atomic mass is 9.88. The molecule has 0 radical (unpaired) electrons. The minimum absolute atomic E-state index is 0.0582. The van der Waals surface area contributed by atoms with Crippen LogP contribution < -0.4 is 5.32 Å². The second-order valence-corrected chi connectivity index (χ2v) is 11.1. The van der Waals surface area contributed by atoms with Gasteiger partial charge >= 0.3 is 18.3 Å². The molecule has 0 aliphatic carbocycles. The summed E-state index contributed by atoms with van der Waals surface area (Å²) in [7, 11) is -3.11. The van der Waals surface area contributed by atoms with Crippen molar-refractivity contribution in [2.24, 2.45) is 5.16 Å². The third-order valence-electron chi connectivity index (χ3n) is 5.84. The number of hydrogen-bond donors (Lipinski definition) is 3. The zero-order valence-electron chi connectivity index (χ0n) is 19.0. The van der Waals surface area contributed by atoms with Crippen LogP contribution in [0, 0.1) is 0 Å². The van der Waals surface area contributed by atoms with E-state index in [0.29, 0.717) is 25.9 Å². The van der Waals surface area contributed by atoms with Crippen molar-refractivity contribution in [1.29, 1.82) is 0 Å². The van der Waals surface area contributed by atoms with Crippen molar-refractivity contribution >= 4 is 27.4 Å². The van der Waals surface area contributed by atoms with Crippen LogP contribution in [0.2, 0.25) is 0 Å². The summed E-state index contributed by atoms with van der Waals surface area (Å²) in [4.78, 5) is 35.0. The topological polar surface area (TPSA) is 154 Å². The number of piperidine rings is 1. The number of imidazole rings is 1. The van der Waals surface area contributed by atoms with Crippen molar-refractivity contribution in [2.75, 3.05) is 24.6 Å². The molecule has 1 spiro atoms. The van der Waals surface area contributed by atoms with E-state index in [2.05, 4.69) is 20.4 Å². The number of aromatic nitrogens is 2. The molecule has 4 rings (SSSR count). The van der Waals surface area contributed by atoms with Gasteiger partial charge in [0, 0.05) is 19.0 Å². The van der Waals surface area contributed by atoms with Crippen LogP contribution in [0.5, 0.6) is 0 Å². The summed E-state index contributed by atoms with van der Waals surface area (Å²) >= 11 is 0. The molecule has 3 aliphatic heterocycles. The van der Waals surface area contributed by atoms with E-state index in [9.17, 15) is 39.6 Å². The number of alkyl halides is 6. The lowest BCUT2D eigenvalue weighted by Crippen LogP contribution is -2.49. The quantitative estimate of drug-likeness (QED) is 0.466. The molecule has 2 fully saturated rings. The fraction of sp³-hybridized carbons (Fsp3) is 0.684. The number of amides is 1. The van der Waals surface area contributed by atoms with Crippen LogP contribution in [0.25, 0.3) is 0 Å². The lowest BCUT2D eigenvalue weighted by molar-refractivity contribution is -0.192. The first-order chi connectivity index (χ1) is 17.0. The summed E-state index contributed by atoms with van der Waals surface area (Å²) in [5.41, 5.74) is -1.40. The van der Waals surface area contributed by atoms with E-state index in [1.165, 1.54) is 0 Å². The number of oxime groups is 1. The van der Waals surface area contributed by atoms with Gasteiger partial charge in [0.2, 0.25) is 0 Å². The van der Waals surface area contributed by atoms with Crippen LogP contribution in [0.3, 0.4) is 0 Å². The molecule has 1 aromatic rings. The molecule has 18 heteroatoms. The van der Waals surface area contributed by atoms with E-state index in [0.717, 1.165) is 12.6 Å². The predicted octanol–water partition coefficient (Wildman–Crippen LogP) is 1.48. The molecule has 2 saturated heterocycles.